The minimum absolute atomic E-state index is 0.0467. The molecule has 0 aromatic heterocycles. The van der Waals surface area contributed by atoms with Gasteiger partial charge in [0.1, 0.15) is 6.61 Å². The molecule has 1 unspecified atom stereocenters. The lowest BCUT2D eigenvalue weighted by Gasteiger charge is -2.07. The molecule has 0 aliphatic heterocycles. The highest BCUT2D eigenvalue weighted by Gasteiger charge is 1.94. The van der Waals surface area contributed by atoms with Crippen molar-refractivity contribution in [2.75, 3.05) is 33.0 Å². The Hall–Kier alpha value is 0.280. The molecule has 0 rings (SSSR count). The predicted octanol–water partition coefficient (Wildman–Crippen LogP) is 0.979. The van der Waals surface area contributed by atoms with Crippen LogP contribution in [0.5, 0.6) is 0 Å². The van der Waals surface area contributed by atoms with Crippen molar-refractivity contribution < 1.29 is 14.3 Å². The maximum absolute atomic E-state index is 10.5. The number of hydrogen-bond acceptors (Lipinski definition) is 4. The number of ketones is 1. The van der Waals surface area contributed by atoms with Gasteiger partial charge in [0, 0.05) is 6.54 Å². The summed E-state index contributed by atoms with van der Waals surface area (Å²) in [6, 6.07) is 0. The van der Waals surface area contributed by atoms with Gasteiger partial charge in [-0.1, -0.05) is 22.6 Å². The van der Waals surface area contributed by atoms with Gasteiger partial charge in [0.25, 0.3) is 0 Å². The van der Waals surface area contributed by atoms with Crippen molar-refractivity contribution in [1.82, 2.24) is 5.32 Å². The lowest BCUT2D eigenvalue weighted by molar-refractivity contribution is -0.121. The zero-order chi connectivity index (χ0) is 10.8. The van der Waals surface area contributed by atoms with E-state index in [1.165, 1.54) is 6.92 Å². The highest BCUT2D eigenvalue weighted by Crippen LogP contribution is 1.90. The minimum atomic E-state index is 0.0467. The van der Waals surface area contributed by atoms with Crippen LogP contribution in [0.25, 0.3) is 0 Å². The lowest BCUT2D eigenvalue weighted by atomic mass is 10.5. The van der Waals surface area contributed by atoms with Gasteiger partial charge in [0.05, 0.1) is 23.9 Å². The Kier molecular flexibility index (Phi) is 10.0. The van der Waals surface area contributed by atoms with Gasteiger partial charge >= 0.3 is 0 Å². The van der Waals surface area contributed by atoms with Crippen LogP contribution in [-0.2, 0) is 14.3 Å². The molecular formula is C9H18INO3. The fourth-order valence-corrected chi connectivity index (χ4v) is 1.08. The van der Waals surface area contributed by atoms with E-state index in [-0.39, 0.29) is 12.4 Å². The summed E-state index contributed by atoms with van der Waals surface area (Å²) < 4.78 is 10.8. The predicted molar refractivity (Wildman–Crippen MR) is 63.8 cm³/mol. The monoisotopic (exact) mass is 315 g/mol. The van der Waals surface area contributed by atoms with Crippen molar-refractivity contribution >= 4 is 28.4 Å². The van der Waals surface area contributed by atoms with Gasteiger partial charge in [0.2, 0.25) is 0 Å². The number of carbonyl (C=O) groups excluding carboxylic acids is 1. The summed E-state index contributed by atoms with van der Waals surface area (Å²) in [5.74, 6) is 0.0467. The number of nitrogens with one attached hydrogen (secondary N) is 1. The fourth-order valence-electron chi connectivity index (χ4n) is 0.766. The van der Waals surface area contributed by atoms with E-state index in [1.54, 1.807) is 0 Å². The number of rotatable bonds is 9. The molecule has 4 nitrogen and oxygen atoms in total. The van der Waals surface area contributed by atoms with Crippen molar-refractivity contribution in [3.05, 3.63) is 0 Å². The highest BCUT2D eigenvalue weighted by molar-refractivity contribution is 14.1. The largest absolute Gasteiger partial charge is 0.378 e. The average molecular weight is 315 g/mol. The Morgan fingerprint density at radius 2 is 2.00 bits per heavy atom. The smallest absolute Gasteiger partial charge is 0.155 e. The quantitative estimate of drug-likeness (QED) is 0.298. The SMILES string of the molecule is CC(=O)COCCOCCNC(C)I. The first-order chi connectivity index (χ1) is 6.63. The van der Waals surface area contributed by atoms with E-state index in [2.05, 4.69) is 34.8 Å². The summed E-state index contributed by atoms with van der Waals surface area (Å²) >= 11 is 2.30. The van der Waals surface area contributed by atoms with E-state index in [0.29, 0.717) is 23.9 Å². The molecule has 1 N–H and O–H groups in total. The molecule has 1 atom stereocenters. The molecular weight excluding hydrogens is 297 g/mol. The second-order valence-corrected chi connectivity index (χ2v) is 4.81. The number of carbonyl (C=O) groups is 1. The molecule has 0 aromatic rings. The van der Waals surface area contributed by atoms with Crippen LogP contribution in [0.3, 0.4) is 0 Å². The number of hydrogen-bond donors (Lipinski definition) is 1. The fraction of sp³-hybridized carbons (Fsp3) is 0.889. The molecule has 0 saturated heterocycles. The Morgan fingerprint density at radius 3 is 2.57 bits per heavy atom. The second kappa shape index (κ2) is 9.82. The minimum Gasteiger partial charge on any atom is -0.378 e. The van der Waals surface area contributed by atoms with Gasteiger partial charge in [-0.05, 0) is 13.8 Å². The average Bonchev–Trinajstić information content (AvgIpc) is 2.08. The molecule has 0 aliphatic rings. The maximum atomic E-state index is 10.5. The van der Waals surface area contributed by atoms with Gasteiger partial charge in [-0.2, -0.15) is 0 Å². The van der Waals surface area contributed by atoms with Crippen molar-refractivity contribution in [2.45, 2.75) is 17.9 Å². The highest BCUT2D eigenvalue weighted by atomic mass is 127. The van der Waals surface area contributed by atoms with Crippen LogP contribution in [0.1, 0.15) is 13.8 Å². The Balaban J connectivity index is 2.96. The van der Waals surface area contributed by atoms with E-state index in [9.17, 15) is 4.79 Å². The lowest BCUT2D eigenvalue weighted by Crippen LogP contribution is -2.25. The maximum Gasteiger partial charge on any atom is 0.155 e. The normalized spacial score (nSPS) is 12.8. The van der Waals surface area contributed by atoms with E-state index >= 15 is 0 Å². The molecule has 0 saturated carbocycles. The van der Waals surface area contributed by atoms with Crippen molar-refractivity contribution in [3.63, 3.8) is 0 Å². The van der Waals surface area contributed by atoms with E-state index in [1.807, 2.05) is 0 Å². The van der Waals surface area contributed by atoms with Crippen molar-refractivity contribution in [1.29, 1.82) is 0 Å². The number of alkyl halides is 1. The molecule has 0 radical (unpaired) electrons. The summed E-state index contributed by atoms with van der Waals surface area (Å²) in [6.07, 6.45) is 0. The summed E-state index contributed by atoms with van der Waals surface area (Å²) in [7, 11) is 0. The zero-order valence-corrected chi connectivity index (χ0v) is 10.9. The molecule has 0 fully saturated rings. The first kappa shape index (κ1) is 14.3. The van der Waals surface area contributed by atoms with Crippen molar-refractivity contribution in [2.24, 2.45) is 0 Å². The van der Waals surface area contributed by atoms with Gasteiger partial charge < -0.3 is 14.8 Å². The third-order valence-electron chi connectivity index (χ3n) is 1.35. The number of Topliss-reactive ketones (excluding diaryl/α,β-unsaturated/α-hetero) is 1. The second-order valence-electron chi connectivity index (χ2n) is 2.94. The third-order valence-corrected chi connectivity index (χ3v) is 1.79. The number of halogens is 1. The van der Waals surface area contributed by atoms with Crippen LogP contribution in [-0.4, -0.2) is 42.8 Å². The molecule has 0 spiro atoms. The Bertz CT molecular complexity index is 153. The van der Waals surface area contributed by atoms with Gasteiger partial charge in [0.15, 0.2) is 5.78 Å². The molecule has 0 heterocycles. The molecule has 14 heavy (non-hydrogen) atoms. The third kappa shape index (κ3) is 12.3. The Labute approximate surface area is 98.9 Å². The molecule has 0 aromatic carbocycles. The topological polar surface area (TPSA) is 47.6 Å². The van der Waals surface area contributed by atoms with Gasteiger partial charge in [-0.3, -0.25) is 4.79 Å². The molecule has 0 bridgehead atoms. The molecule has 0 aliphatic carbocycles. The Morgan fingerprint density at radius 1 is 1.36 bits per heavy atom. The van der Waals surface area contributed by atoms with Gasteiger partial charge in [-0.15, -0.1) is 0 Å². The van der Waals surface area contributed by atoms with Crippen molar-refractivity contribution in [3.8, 4) is 0 Å². The van der Waals surface area contributed by atoms with Crippen LogP contribution in [0.2, 0.25) is 0 Å². The zero-order valence-electron chi connectivity index (χ0n) is 8.72. The summed E-state index contributed by atoms with van der Waals surface area (Å²) in [5, 5.41) is 3.22. The van der Waals surface area contributed by atoms with Crippen LogP contribution < -0.4 is 5.32 Å². The summed E-state index contributed by atoms with van der Waals surface area (Å²) in [4.78, 5) is 10.5. The first-order valence-electron chi connectivity index (χ1n) is 4.65. The van der Waals surface area contributed by atoms with E-state index < -0.39 is 0 Å². The van der Waals surface area contributed by atoms with Crippen LogP contribution in [0.4, 0.5) is 0 Å². The van der Waals surface area contributed by atoms with Crippen LogP contribution >= 0.6 is 22.6 Å². The first-order valence-corrected chi connectivity index (χ1v) is 5.90. The summed E-state index contributed by atoms with van der Waals surface area (Å²) in [5.41, 5.74) is 0. The van der Waals surface area contributed by atoms with E-state index in [0.717, 1.165) is 6.54 Å². The number of ether oxygens (including phenoxy) is 2. The van der Waals surface area contributed by atoms with Crippen LogP contribution in [0.15, 0.2) is 0 Å². The molecule has 84 valence electrons. The molecule has 0 amide bonds. The summed E-state index contributed by atoms with van der Waals surface area (Å²) in [6.45, 7) is 6.33. The standard InChI is InChI=1S/C9H18INO3/c1-8(12)7-14-6-5-13-4-3-11-9(2)10/h9,11H,3-7H2,1-2H3. The molecule has 5 heteroatoms. The van der Waals surface area contributed by atoms with E-state index in [4.69, 9.17) is 9.47 Å². The van der Waals surface area contributed by atoms with Crippen LogP contribution in [0, 0.1) is 0 Å². The van der Waals surface area contributed by atoms with Gasteiger partial charge in [-0.25, -0.2) is 0 Å².